The number of carbonyl (C=O) groups is 1. The van der Waals surface area contributed by atoms with E-state index in [4.69, 9.17) is 0 Å². The Labute approximate surface area is 163 Å². The average molecular weight is 382 g/mol. The Hall–Kier alpha value is -2.80. The van der Waals surface area contributed by atoms with Crippen LogP contribution in [0.2, 0.25) is 0 Å². The highest BCUT2D eigenvalue weighted by Crippen LogP contribution is 2.19. The number of aromatic nitrogens is 4. The third-order valence-electron chi connectivity index (χ3n) is 4.16. The highest BCUT2D eigenvalue weighted by atomic mass is 32.2. The summed E-state index contributed by atoms with van der Waals surface area (Å²) < 4.78 is 4.08. The second kappa shape index (κ2) is 9.23. The SMILES string of the molecule is C=CCn1c(Cc2cccn2C)nnc1SCC(=O)NCc1ccccc1. The lowest BCUT2D eigenvalue weighted by molar-refractivity contribution is -0.118. The first-order valence-electron chi connectivity index (χ1n) is 8.74. The lowest BCUT2D eigenvalue weighted by Crippen LogP contribution is -2.24. The number of nitrogens with zero attached hydrogens (tertiary/aromatic N) is 4. The minimum Gasteiger partial charge on any atom is -0.354 e. The Bertz CT molecular complexity index is 900. The van der Waals surface area contributed by atoms with Crippen molar-refractivity contribution >= 4 is 17.7 Å². The van der Waals surface area contributed by atoms with Gasteiger partial charge < -0.3 is 14.5 Å². The summed E-state index contributed by atoms with van der Waals surface area (Å²) in [6.07, 6.45) is 4.51. The van der Waals surface area contributed by atoms with E-state index in [0.717, 1.165) is 22.2 Å². The zero-order valence-electron chi connectivity index (χ0n) is 15.3. The summed E-state index contributed by atoms with van der Waals surface area (Å²) in [6, 6.07) is 13.9. The van der Waals surface area contributed by atoms with E-state index in [2.05, 4.69) is 32.7 Å². The molecule has 0 saturated heterocycles. The Kier molecular flexibility index (Phi) is 6.49. The molecule has 7 heteroatoms. The Balaban J connectivity index is 1.60. The monoisotopic (exact) mass is 381 g/mol. The number of rotatable bonds is 9. The van der Waals surface area contributed by atoms with Gasteiger partial charge in [-0.15, -0.1) is 16.8 Å². The normalized spacial score (nSPS) is 10.7. The van der Waals surface area contributed by atoms with E-state index in [1.54, 1.807) is 0 Å². The van der Waals surface area contributed by atoms with Crippen molar-refractivity contribution in [1.82, 2.24) is 24.6 Å². The molecule has 0 aliphatic rings. The van der Waals surface area contributed by atoms with Crippen molar-refractivity contribution in [2.75, 3.05) is 5.75 Å². The molecule has 0 radical (unpaired) electrons. The molecule has 0 aliphatic heterocycles. The molecular weight excluding hydrogens is 358 g/mol. The van der Waals surface area contributed by atoms with E-state index in [-0.39, 0.29) is 5.91 Å². The number of hydrogen-bond acceptors (Lipinski definition) is 4. The van der Waals surface area contributed by atoms with Crippen LogP contribution in [0.1, 0.15) is 17.1 Å². The van der Waals surface area contributed by atoms with E-state index < -0.39 is 0 Å². The molecule has 0 unspecified atom stereocenters. The van der Waals surface area contributed by atoms with Crippen LogP contribution in [0, 0.1) is 0 Å². The molecule has 0 saturated carbocycles. The standard InChI is InChI=1S/C20H23N5OS/c1-3-11-25-18(13-17-10-7-12-24(17)2)22-23-20(25)27-15-19(26)21-14-16-8-5-4-6-9-16/h3-10,12H,1,11,13-15H2,2H3,(H,21,26). The average Bonchev–Trinajstić information content (AvgIpc) is 3.26. The van der Waals surface area contributed by atoms with Crippen molar-refractivity contribution in [1.29, 1.82) is 0 Å². The maximum atomic E-state index is 12.2. The fourth-order valence-electron chi connectivity index (χ4n) is 2.69. The summed E-state index contributed by atoms with van der Waals surface area (Å²) in [7, 11) is 2.01. The number of thioether (sulfide) groups is 1. The van der Waals surface area contributed by atoms with E-state index in [1.807, 2.05) is 60.3 Å². The molecule has 0 bridgehead atoms. The first-order valence-corrected chi connectivity index (χ1v) is 9.72. The number of allylic oxidation sites excluding steroid dienone is 1. The van der Waals surface area contributed by atoms with Gasteiger partial charge in [-0.05, 0) is 17.7 Å². The third kappa shape index (κ3) is 5.10. The molecule has 3 aromatic rings. The second-order valence-electron chi connectivity index (χ2n) is 6.14. The van der Waals surface area contributed by atoms with E-state index in [0.29, 0.717) is 25.3 Å². The molecule has 0 aliphatic carbocycles. The zero-order valence-corrected chi connectivity index (χ0v) is 16.2. The molecule has 1 amide bonds. The lowest BCUT2D eigenvalue weighted by Gasteiger charge is -2.09. The summed E-state index contributed by atoms with van der Waals surface area (Å²) >= 11 is 1.39. The number of carbonyl (C=O) groups excluding carboxylic acids is 1. The molecule has 0 spiro atoms. The highest BCUT2D eigenvalue weighted by molar-refractivity contribution is 7.99. The van der Waals surface area contributed by atoms with Crippen molar-refractivity contribution in [2.24, 2.45) is 7.05 Å². The van der Waals surface area contributed by atoms with Crippen molar-refractivity contribution in [3.05, 3.63) is 78.4 Å². The van der Waals surface area contributed by atoms with Crippen molar-refractivity contribution in [2.45, 2.75) is 24.7 Å². The van der Waals surface area contributed by atoms with Crippen LogP contribution in [0.4, 0.5) is 0 Å². The number of amides is 1. The smallest absolute Gasteiger partial charge is 0.230 e. The molecule has 140 valence electrons. The van der Waals surface area contributed by atoms with E-state index >= 15 is 0 Å². The van der Waals surface area contributed by atoms with E-state index in [9.17, 15) is 4.79 Å². The summed E-state index contributed by atoms with van der Waals surface area (Å²) in [6.45, 7) is 4.96. The molecule has 0 fully saturated rings. The van der Waals surface area contributed by atoms with Crippen LogP contribution in [0.25, 0.3) is 0 Å². The van der Waals surface area contributed by atoms with Gasteiger partial charge in [-0.3, -0.25) is 4.79 Å². The van der Waals surface area contributed by atoms with Crippen LogP contribution >= 0.6 is 11.8 Å². The Morgan fingerprint density at radius 1 is 1.22 bits per heavy atom. The summed E-state index contributed by atoms with van der Waals surface area (Å²) in [5.41, 5.74) is 2.24. The molecule has 2 aromatic heterocycles. The van der Waals surface area contributed by atoms with Gasteiger partial charge in [0, 0.05) is 38.4 Å². The van der Waals surface area contributed by atoms with Crippen molar-refractivity contribution in [3.8, 4) is 0 Å². The fraction of sp³-hybridized carbons (Fsp3) is 0.250. The Morgan fingerprint density at radius 3 is 2.74 bits per heavy atom. The molecule has 1 aromatic carbocycles. The van der Waals surface area contributed by atoms with Crippen molar-refractivity contribution in [3.63, 3.8) is 0 Å². The zero-order chi connectivity index (χ0) is 19.1. The summed E-state index contributed by atoms with van der Waals surface area (Å²) in [5, 5.41) is 12.3. The highest BCUT2D eigenvalue weighted by Gasteiger charge is 2.14. The van der Waals surface area contributed by atoms with Gasteiger partial charge in [0.2, 0.25) is 5.91 Å². The van der Waals surface area contributed by atoms with Crippen LogP contribution in [0.3, 0.4) is 0 Å². The van der Waals surface area contributed by atoms with Crippen LogP contribution < -0.4 is 5.32 Å². The number of benzene rings is 1. The van der Waals surface area contributed by atoms with Crippen LogP contribution in [-0.4, -0.2) is 31.0 Å². The van der Waals surface area contributed by atoms with Gasteiger partial charge in [0.05, 0.1) is 5.75 Å². The third-order valence-corrected chi connectivity index (χ3v) is 5.13. The minimum absolute atomic E-state index is 0.0269. The molecule has 27 heavy (non-hydrogen) atoms. The topological polar surface area (TPSA) is 64.7 Å². The van der Waals surface area contributed by atoms with Crippen molar-refractivity contribution < 1.29 is 4.79 Å². The van der Waals surface area contributed by atoms with Gasteiger partial charge in [0.1, 0.15) is 5.82 Å². The second-order valence-corrected chi connectivity index (χ2v) is 7.08. The van der Waals surface area contributed by atoms with Gasteiger partial charge in [0.15, 0.2) is 5.16 Å². The molecule has 3 rings (SSSR count). The quantitative estimate of drug-likeness (QED) is 0.457. The lowest BCUT2D eigenvalue weighted by atomic mass is 10.2. The number of aryl methyl sites for hydroxylation is 1. The predicted octanol–water partition coefficient (Wildman–Crippen LogP) is 2.80. The number of nitrogens with one attached hydrogen (secondary N) is 1. The maximum absolute atomic E-state index is 12.2. The van der Waals surface area contributed by atoms with Crippen LogP contribution in [0.15, 0.2) is 66.5 Å². The molecule has 1 N–H and O–H groups in total. The van der Waals surface area contributed by atoms with Crippen LogP contribution in [0.5, 0.6) is 0 Å². The Morgan fingerprint density at radius 2 is 2.04 bits per heavy atom. The van der Waals surface area contributed by atoms with Gasteiger partial charge in [-0.1, -0.05) is 48.2 Å². The number of hydrogen-bond donors (Lipinski definition) is 1. The summed E-state index contributed by atoms with van der Waals surface area (Å²) in [5.74, 6) is 1.14. The molecular formula is C20H23N5OS. The van der Waals surface area contributed by atoms with Crippen LogP contribution in [-0.2, 0) is 31.4 Å². The van der Waals surface area contributed by atoms with Gasteiger partial charge in [0.25, 0.3) is 0 Å². The molecule has 2 heterocycles. The van der Waals surface area contributed by atoms with E-state index in [1.165, 1.54) is 11.8 Å². The first kappa shape index (κ1) is 19.0. The predicted molar refractivity (Wildman–Crippen MR) is 107 cm³/mol. The fourth-order valence-corrected chi connectivity index (χ4v) is 3.49. The summed E-state index contributed by atoms with van der Waals surface area (Å²) in [4.78, 5) is 12.2. The first-order chi connectivity index (χ1) is 13.2. The minimum atomic E-state index is -0.0269. The van der Waals surface area contributed by atoms with Gasteiger partial charge in [-0.2, -0.15) is 0 Å². The largest absolute Gasteiger partial charge is 0.354 e. The molecule has 6 nitrogen and oxygen atoms in total. The molecule has 0 atom stereocenters. The van der Waals surface area contributed by atoms with Gasteiger partial charge in [-0.25, -0.2) is 0 Å². The van der Waals surface area contributed by atoms with Gasteiger partial charge >= 0.3 is 0 Å². The maximum Gasteiger partial charge on any atom is 0.230 e.